The van der Waals surface area contributed by atoms with E-state index in [0.29, 0.717) is 6.10 Å². The van der Waals surface area contributed by atoms with Crippen molar-refractivity contribution in [3.8, 4) is 0 Å². The van der Waals surface area contributed by atoms with Gasteiger partial charge in [0.1, 0.15) is 0 Å². The van der Waals surface area contributed by atoms with Crippen LogP contribution in [0.2, 0.25) is 0 Å². The van der Waals surface area contributed by atoms with Crippen LogP contribution in [0.3, 0.4) is 0 Å². The average Bonchev–Trinajstić information content (AvgIpc) is 2.62. The van der Waals surface area contributed by atoms with Gasteiger partial charge in [0.15, 0.2) is 0 Å². The van der Waals surface area contributed by atoms with E-state index < -0.39 is 0 Å². The summed E-state index contributed by atoms with van der Waals surface area (Å²) in [5, 5.41) is 3.28. The Morgan fingerprint density at radius 2 is 2.33 bits per heavy atom. The summed E-state index contributed by atoms with van der Waals surface area (Å²) in [4.78, 5) is 4.25. The lowest BCUT2D eigenvalue weighted by Crippen LogP contribution is -2.13. The number of anilines is 1. The van der Waals surface area contributed by atoms with Crippen molar-refractivity contribution in [2.45, 2.75) is 39.8 Å². The van der Waals surface area contributed by atoms with Gasteiger partial charge >= 0.3 is 0 Å². The second-order valence-electron chi connectivity index (χ2n) is 3.79. The third-order valence-electron chi connectivity index (χ3n) is 2.03. The van der Waals surface area contributed by atoms with Crippen LogP contribution in [-0.4, -0.2) is 28.8 Å². The van der Waals surface area contributed by atoms with Crippen LogP contribution in [-0.2, 0) is 11.3 Å². The second kappa shape index (κ2) is 6.45. The first-order valence-corrected chi connectivity index (χ1v) is 5.60. The van der Waals surface area contributed by atoms with E-state index in [1.807, 2.05) is 26.2 Å². The van der Waals surface area contributed by atoms with Crippen LogP contribution in [0.4, 0.5) is 5.95 Å². The Morgan fingerprint density at radius 1 is 1.53 bits per heavy atom. The highest BCUT2D eigenvalue weighted by Gasteiger charge is 2.01. The Kier molecular flexibility index (Phi) is 5.18. The van der Waals surface area contributed by atoms with Crippen LogP contribution in [0, 0.1) is 0 Å². The van der Waals surface area contributed by atoms with Crippen molar-refractivity contribution in [2.75, 3.05) is 18.5 Å². The van der Waals surface area contributed by atoms with Gasteiger partial charge in [0, 0.05) is 25.5 Å². The monoisotopic (exact) mass is 211 g/mol. The third-order valence-corrected chi connectivity index (χ3v) is 2.03. The van der Waals surface area contributed by atoms with Crippen molar-refractivity contribution < 1.29 is 4.74 Å². The first kappa shape index (κ1) is 12.0. The number of hydrogen-bond donors (Lipinski definition) is 1. The number of hydrogen-bond acceptors (Lipinski definition) is 3. The van der Waals surface area contributed by atoms with E-state index in [4.69, 9.17) is 4.74 Å². The molecule has 0 unspecified atom stereocenters. The van der Waals surface area contributed by atoms with Gasteiger partial charge in [0.25, 0.3) is 0 Å². The summed E-state index contributed by atoms with van der Waals surface area (Å²) >= 11 is 0. The molecule has 1 heterocycles. The molecule has 0 bridgehead atoms. The number of nitrogens with zero attached hydrogens (tertiary/aromatic N) is 2. The first-order chi connectivity index (χ1) is 7.24. The summed E-state index contributed by atoms with van der Waals surface area (Å²) in [6.07, 6.45) is 5.19. The maximum absolute atomic E-state index is 5.50. The molecule has 0 aliphatic carbocycles. The number of imidazole rings is 1. The van der Waals surface area contributed by atoms with Crippen molar-refractivity contribution in [1.82, 2.24) is 9.55 Å². The van der Waals surface area contributed by atoms with Gasteiger partial charge in [-0.3, -0.25) is 0 Å². The molecular weight excluding hydrogens is 190 g/mol. The fourth-order valence-corrected chi connectivity index (χ4v) is 1.28. The van der Waals surface area contributed by atoms with Gasteiger partial charge in [-0.15, -0.1) is 0 Å². The van der Waals surface area contributed by atoms with E-state index in [1.54, 1.807) is 0 Å². The Labute approximate surface area is 91.7 Å². The molecule has 1 aromatic heterocycles. The molecule has 0 aliphatic rings. The number of nitrogens with one attached hydrogen (secondary N) is 1. The standard InChI is InChI=1S/C11H21N3O/c1-4-5-12-11-13-6-7-14(11)8-9-15-10(2)3/h6-7,10H,4-5,8-9H2,1-3H3,(H,12,13). The zero-order valence-electron chi connectivity index (χ0n) is 9.86. The van der Waals surface area contributed by atoms with E-state index in [1.165, 1.54) is 0 Å². The summed E-state index contributed by atoms with van der Waals surface area (Å²) in [6, 6.07) is 0. The molecule has 0 aromatic carbocycles. The zero-order chi connectivity index (χ0) is 11.1. The van der Waals surface area contributed by atoms with Gasteiger partial charge < -0.3 is 14.6 Å². The Bertz CT molecular complexity index is 271. The van der Waals surface area contributed by atoms with Crippen LogP contribution < -0.4 is 5.32 Å². The predicted molar refractivity (Wildman–Crippen MR) is 62.1 cm³/mol. The maximum Gasteiger partial charge on any atom is 0.202 e. The highest BCUT2D eigenvalue weighted by atomic mass is 16.5. The van der Waals surface area contributed by atoms with Crippen LogP contribution in [0.1, 0.15) is 27.2 Å². The minimum atomic E-state index is 0.292. The highest BCUT2D eigenvalue weighted by Crippen LogP contribution is 2.04. The quantitative estimate of drug-likeness (QED) is 0.751. The predicted octanol–water partition coefficient (Wildman–Crippen LogP) is 2.13. The molecule has 86 valence electrons. The largest absolute Gasteiger partial charge is 0.377 e. The molecule has 4 heteroatoms. The molecular formula is C11H21N3O. The van der Waals surface area contributed by atoms with Crippen molar-refractivity contribution in [2.24, 2.45) is 0 Å². The lowest BCUT2D eigenvalue weighted by atomic mass is 10.5. The number of ether oxygens (including phenoxy) is 1. The van der Waals surface area contributed by atoms with Crippen molar-refractivity contribution in [3.05, 3.63) is 12.4 Å². The SMILES string of the molecule is CCCNc1nccn1CCOC(C)C. The molecule has 0 saturated carbocycles. The molecule has 0 radical (unpaired) electrons. The summed E-state index contributed by atoms with van der Waals surface area (Å²) < 4.78 is 7.58. The molecule has 0 spiro atoms. The van der Waals surface area contributed by atoms with Crippen LogP contribution in [0.25, 0.3) is 0 Å². The summed E-state index contributed by atoms with van der Waals surface area (Å²) in [5.74, 6) is 0.934. The van der Waals surface area contributed by atoms with Crippen molar-refractivity contribution in [3.63, 3.8) is 0 Å². The van der Waals surface area contributed by atoms with E-state index in [2.05, 4.69) is 21.8 Å². The Balaban J connectivity index is 2.35. The third kappa shape index (κ3) is 4.34. The second-order valence-corrected chi connectivity index (χ2v) is 3.79. The molecule has 1 aromatic rings. The van der Waals surface area contributed by atoms with Gasteiger partial charge in [0.05, 0.1) is 12.7 Å². The topological polar surface area (TPSA) is 39.1 Å². The lowest BCUT2D eigenvalue weighted by molar-refractivity contribution is 0.0730. The molecule has 0 fully saturated rings. The van der Waals surface area contributed by atoms with Gasteiger partial charge in [-0.25, -0.2) is 4.98 Å². The molecule has 1 N–H and O–H groups in total. The van der Waals surface area contributed by atoms with E-state index in [9.17, 15) is 0 Å². The van der Waals surface area contributed by atoms with Crippen LogP contribution >= 0.6 is 0 Å². The van der Waals surface area contributed by atoms with Crippen LogP contribution in [0.15, 0.2) is 12.4 Å². The zero-order valence-corrected chi connectivity index (χ0v) is 9.86. The highest BCUT2D eigenvalue weighted by molar-refractivity contribution is 5.25. The van der Waals surface area contributed by atoms with E-state index in [-0.39, 0.29) is 0 Å². The fourth-order valence-electron chi connectivity index (χ4n) is 1.28. The van der Waals surface area contributed by atoms with Gasteiger partial charge in [-0.05, 0) is 20.3 Å². The lowest BCUT2D eigenvalue weighted by Gasteiger charge is -2.11. The Morgan fingerprint density at radius 3 is 3.00 bits per heavy atom. The van der Waals surface area contributed by atoms with E-state index >= 15 is 0 Å². The van der Waals surface area contributed by atoms with Gasteiger partial charge in [0.2, 0.25) is 5.95 Å². The molecule has 4 nitrogen and oxygen atoms in total. The molecule has 0 aliphatic heterocycles. The summed E-state index contributed by atoms with van der Waals surface area (Å²) in [6.45, 7) is 8.78. The summed E-state index contributed by atoms with van der Waals surface area (Å²) in [5.41, 5.74) is 0. The summed E-state index contributed by atoms with van der Waals surface area (Å²) in [7, 11) is 0. The Hall–Kier alpha value is -1.03. The minimum Gasteiger partial charge on any atom is -0.377 e. The molecule has 15 heavy (non-hydrogen) atoms. The van der Waals surface area contributed by atoms with Crippen molar-refractivity contribution in [1.29, 1.82) is 0 Å². The molecule has 0 amide bonds. The van der Waals surface area contributed by atoms with E-state index in [0.717, 1.165) is 32.1 Å². The van der Waals surface area contributed by atoms with Crippen LogP contribution in [0.5, 0.6) is 0 Å². The molecule has 1 rings (SSSR count). The first-order valence-electron chi connectivity index (χ1n) is 5.60. The molecule has 0 atom stereocenters. The normalized spacial score (nSPS) is 10.9. The van der Waals surface area contributed by atoms with Gasteiger partial charge in [-0.1, -0.05) is 6.92 Å². The smallest absolute Gasteiger partial charge is 0.202 e. The fraction of sp³-hybridized carbons (Fsp3) is 0.727. The number of aromatic nitrogens is 2. The van der Waals surface area contributed by atoms with Gasteiger partial charge in [-0.2, -0.15) is 0 Å². The average molecular weight is 211 g/mol. The number of rotatable bonds is 7. The molecule has 0 saturated heterocycles. The maximum atomic E-state index is 5.50. The minimum absolute atomic E-state index is 0.292. The van der Waals surface area contributed by atoms with Crippen molar-refractivity contribution >= 4 is 5.95 Å².